The van der Waals surface area contributed by atoms with E-state index in [0.29, 0.717) is 59.2 Å². The van der Waals surface area contributed by atoms with E-state index >= 15 is 0 Å². The van der Waals surface area contributed by atoms with Gasteiger partial charge in [-0.2, -0.15) is 8.61 Å². The molecule has 9 atom stereocenters. The number of pyridine rings is 3. The van der Waals surface area contributed by atoms with Crippen molar-refractivity contribution in [3.63, 3.8) is 0 Å². The maximum absolute atomic E-state index is 13.3. The first-order chi connectivity index (χ1) is 39.2. The van der Waals surface area contributed by atoms with E-state index in [1.165, 1.54) is 74.3 Å². The van der Waals surface area contributed by atoms with Crippen LogP contribution in [0, 0.1) is 56.0 Å². The van der Waals surface area contributed by atoms with Crippen LogP contribution in [0.3, 0.4) is 0 Å². The van der Waals surface area contributed by atoms with Crippen LogP contribution in [0.2, 0.25) is 0 Å². The Kier molecular flexibility index (Phi) is 21.6. The molecule has 6 fully saturated rings. The highest BCUT2D eigenvalue weighted by Gasteiger charge is 2.50. The van der Waals surface area contributed by atoms with Crippen LogP contribution in [-0.2, 0) is 29.1 Å². The van der Waals surface area contributed by atoms with Crippen molar-refractivity contribution >= 4 is 52.2 Å². The molecule has 15 nitrogen and oxygen atoms in total. The van der Waals surface area contributed by atoms with Crippen molar-refractivity contribution < 1.29 is 52.6 Å². The lowest BCUT2D eigenvalue weighted by molar-refractivity contribution is 0.122. The number of hydrogen-bond acceptors (Lipinski definition) is 13. The smallest absolute Gasteiger partial charge is 0.261 e. The third-order valence-electron chi connectivity index (χ3n) is 16.4. The zero-order valence-electron chi connectivity index (χ0n) is 46.5. The topological polar surface area (TPSA) is 187 Å². The van der Waals surface area contributed by atoms with Crippen molar-refractivity contribution in [1.29, 1.82) is 0 Å². The molecule has 3 unspecified atom stereocenters. The first-order valence-electron chi connectivity index (χ1n) is 27.9. The Bertz CT molecular complexity index is 3300. The molecule has 12 rings (SSSR count). The molecule has 6 bridgehead atoms. The quantitative estimate of drug-likeness (QED) is 0.102. The van der Waals surface area contributed by atoms with Gasteiger partial charge < -0.3 is 19.5 Å². The predicted molar refractivity (Wildman–Crippen MR) is 313 cm³/mol. The first kappa shape index (κ1) is 63.6. The van der Waals surface area contributed by atoms with E-state index in [1.54, 1.807) is 57.1 Å². The van der Waals surface area contributed by atoms with Gasteiger partial charge in [-0.05, 0) is 169 Å². The second-order valence-electron chi connectivity index (χ2n) is 22.1. The van der Waals surface area contributed by atoms with Crippen LogP contribution >= 0.6 is 23.1 Å². The number of ether oxygens (including phenoxy) is 3. The molecular formula is C60H71Cl2F3N6O9S3. The van der Waals surface area contributed by atoms with E-state index in [4.69, 9.17) is 24.9 Å². The Balaban J connectivity index is 0.000000151. The van der Waals surface area contributed by atoms with Crippen molar-refractivity contribution in [2.45, 2.75) is 149 Å². The summed E-state index contributed by atoms with van der Waals surface area (Å²) in [5.74, 6) is 0.894. The number of fused-ring (bicyclic) bond motifs is 6. The van der Waals surface area contributed by atoms with Crippen molar-refractivity contribution in [3.05, 3.63) is 162 Å². The van der Waals surface area contributed by atoms with E-state index in [0.717, 1.165) is 86.5 Å². The van der Waals surface area contributed by atoms with Gasteiger partial charge >= 0.3 is 0 Å². The molecule has 448 valence electrons. The average Bonchev–Trinajstić information content (AvgIpc) is 4.22. The number of aromatic nitrogens is 3. The van der Waals surface area contributed by atoms with Gasteiger partial charge in [-0.1, -0.05) is 36.4 Å². The molecule has 6 aliphatic heterocycles. The lowest BCUT2D eigenvalue weighted by Gasteiger charge is -2.38. The number of benzene rings is 3. The molecule has 6 aromatic rings. The molecule has 0 saturated carbocycles. The summed E-state index contributed by atoms with van der Waals surface area (Å²) in [4.78, 5) is 12.6. The Morgan fingerprint density at radius 2 is 0.843 bits per heavy atom. The number of halogens is 5. The highest BCUT2D eigenvalue weighted by molar-refractivity contribution is 8.13. The maximum Gasteiger partial charge on any atom is 0.261 e. The Morgan fingerprint density at radius 1 is 0.482 bits per heavy atom. The van der Waals surface area contributed by atoms with Crippen molar-refractivity contribution in [1.82, 2.24) is 28.9 Å². The standard InChI is InChI=1S/2C20H23FN2O3S.C13H17FN2O.C7H7ClO2S.ClH/c2*1-14-3-2-4-18(11-14)27(24,25)23-17-7-5-15(19(23)9-8-17)13-26-20-10-6-16(21)12-22-20;14-10-2-6-13(15-7-10)17-8-9-1-3-11-4-5-12(9)16-11;1-6-3-2-4-7(5-6)11(8,9)10;/h2*2-4,6,10-12,15,17,19H,5,7-9,13H2,1H3;2,6-7,9,11-12,16H,1,3-5,8H2;2-5H,1H3;1H/t2*15-,17-,19?;9-,11-,12?;;/m111../s1. The van der Waals surface area contributed by atoms with Crippen LogP contribution < -0.4 is 19.5 Å². The summed E-state index contributed by atoms with van der Waals surface area (Å²) in [6.07, 6.45) is 15.5. The van der Waals surface area contributed by atoms with E-state index in [9.17, 15) is 38.4 Å². The van der Waals surface area contributed by atoms with Crippen molar-refractivity contribution in [3.8, 4) is 17.6 Å². The van der Waals surface area contributed by atoms with Crippen LogP contribution in [0.5, 0.6) is 17.6 Å². The van der Waals surface area contributed by atoms with E-state index < -0.39 is 40.7 Å². The molecule has 6 aliphatic rings. The summed E-state index contributed by atoms with van der Waals surface area (Å²) in [6.45, 7) is 7.06. The third kappa shape index (κ3) is 16.3. The zero-order chi connectivity index (χ0) is 58.2. The van der Waals surface area contributed by atoms with Gasteiger partial charge in [0.1, 0.15) is 17.5 Å². The molecule has 0 amide bonds. The van der Waals surface area contributed by atoms with Crippen molar-refractivity contribution in [2.75, 3.05) is 19.8 Å². The van der Waals surface area contributed by atoms with E-state index in [1.807, 2.05) is 39.0 Å². The van der Waals surface area contributed by atoms with Crippen LogP contribution in [-0.4, -0.2) is 105 Å². The Hall–Kier alpha value is -5.39. The third-order valence-corrected chi connectivity index (χ3v) is 21.7. The summed E-state index contributed by atoms with van der Waals surface area (Å²) in [5.41, 5.74) is 2.75. The Labute approximate surface area is 496 Å². The number of piperidine rings is 3. The molecule has 9 heterocycles. The fourth-order valence-corrected chi connectivity index (χ4v) is 17.3. The van der Waals surface area contributed by atoms with Gasteiger partial charge in [-0.3, -0.25) is 0 Å². The van der Waals surface area contributed by atoms with Gasteiger partial charge in [0.2, 0.25) is 37.7 Å². The number of hydrogen-bond donors (Lipinski definition) is 1. The molecule has 1 N–H and O–H groups in total. The fraction of sp³-hybridized carbons (Fsp3) is 0.450. The molecular weight excluding hydrogens is 1170 g/mol. The second kappa shape index (κ2) is 28.2. The number of sulfonamides is 2. The number of aryl methyl sites for hydroxylation is 3. The van der Waals surface area contributed by atoms with Crippen LogP contribution in [0.1, 0.15) is 93.7 Å². The molecule has 3 aromatic carbocycles. The summed E-state index contributed by atoms with van der Waals surface area (Å²) in [5, 5.41) is 3.63. The molecule has 3 aromatic heterocycles. The summed E-state index contributed by atoms with van der Waals surface area (Å²) in [7, 11) is -5.51. The minimum Gasteiger partial charge on any atom is -0.477 e. The minimum absolute atomic E-state index is 0. The average molecular weight is 1240 g/mol. The van der Waals surface area contributed by atoms with Crippen LogP contribution in [0.4, 0.5) is 13.2 Å². The Morgan fingerprint density at radius 3 is 1.22 bits per heavy atom. The van der Waals surface area contributed by atoms with Gasteiger partial charge in [0.05, 0.1) is 53.1 Å². The zero-order valence-corrected chi connectivity index (χ0v) is 50.5. The number of rotatable bonds is 14. The van der Waals surface area contributed by atoms with Crippen molar-refractivity contribution in [2.24, 2.45) is 17.8 Å². The van der Waals surface area contributed by atoms with Gasteiger partial charge in [-0.25, -0.2) is 53.4 Å². The summed E-state index contributed by atoms with van der Waals surface area (Å²) < 4.78 is 134. The molecule has 6 saturated heterocycles. The molecule has 0 aliphatic carbocycles. The second-order valence-corrected chi connectivity index (χ2v) is 28.3. The molecule has 23 heteroatoms. The number of nitrogens with zero attached hydrogens (tertiary/aromatic N) is 5. The number of nitrogens with one attached hydrogen (secondary N) is 1. The highest BCUT2D eigenvalue weighted by atomic mass is 35.7. The summed E-state index contributed by atoms with van der Waals surface area (Å²) >= 11 is 0. The molecule has 0 spiro atoms. The monoisotopic (exact) mass is 1240 g/mol. The van der Waals surface area contributed by atoms with Crippen LogP contribution in [0.25, 0.3) is 0 Å². The maximum atomic E-state index is 13.3. The summed E-state index contributed by atoms with van der Waals surface area (Å²) in [6, 6.07) is 30.6. The van der Waals surface area contributed by atoms with Crippen LogP contribution in [0.15, 0.2) is 142 Å². The molecule has 83 heavy (non-hydrogen) atoms. The largest absolute Gasteiger partial charge is 0.477 e. The van der Waals surface area contributed by atoms with Gasteiger partial charge in [0.25, 0.3) is 9.05 Å². The molecule has 0 radical (unpaired) electrons. The van der Waals surface area contributed by atoms with E-state index in [2.05, 4.69) is 20.3 Å². The minimum atomic E-state index is -3.55. The normalized spacial score (nSPS) is 24.5. The lowest BCUT2D eigenvalue weighted by Crippen LogP contribution is -2.49. The SMILES string of the molecule is Cc1cccc(S(=O)(=O)Cl)c1.Cc1cccc(S(=O)(=O)N2C3CC[C@H]2CC[C@@H]3COc2ccc(F)cn2)c1.Cc1cccc(S(=O)(=O)N2C3CC[C@H]2CC[C@@H]3COc2ccc(F)cn2)c1.Cl.Fc1ccc(OC[C@H]2CC[C@@H]3CCC2N3)nc1. The first-order valence-corrected chi connectivity index (χ1v) is 33.1. The van der Waals surface area contributed by atoms with E-state index in [-0.39, 0.29) is 59.1 Å². The van der Waals surface area contributed by atoms with Gasteiger partial charge in [0, 0.05) is 82.9 Å². The lowest BCUT2D eigenvalue weighted by atomic mass is 9.93. The van der Waals surface area contributed by atoms with Gasteiger partial charge in [0.15, 0.2) is 0 Å². The predicted octanol–water partition coefficient (Wildman–Crippen LogP) is 11.6. The fourth-order valence-electron chi connectivity index (χ4n) is 12.3. The highest BCUT2D eigenvalue weighted by Crippen LogP contribution is 2.44. The van der Waals surface area contributed by atoms with Gasteiger partial charge in [-0.15, -0.1) is 12.4 Å².